The number of rotatable bonds is 9. The lowest BCUT2D eigenvalue weighted by Gasteiger charge is -2.30. The third-order valence-corrected chi connectivity index (χ3v) is 6.40. The van der Waals surface area contributed by atoms with E-state index in [1.54, 1.807) is 56.6 Å². The first-order chi connectivity index (χ1) is 14.9. The summed E-state index contributed by atoms with van der Waals surface area (Å²) in [4.78, 5) is 16.1. The molecule has 1 N–H and O–H groups in total. The van der Waals surface area contributed by atoms with Gasteiger partial charge in [-0.15, -0.1) is 0 Å². The van der Waals surface area contributed by atoms with Crippen LogP contribution in [0, 0.1) is 5.92 Å². The number of methoxy groups -OCH3 is 1. The number of hydrogen-bond acceptors (Lipinski definition) is 7. The molecule has 1 saturated heterocycles. The zero-order valence-corrected chi connectivity index (χ0v) is 18.4. The van der Waals surface area contributed by atoms with Gasteiger partial charge in [-0.25, -0.2) is 4.98 Å². The van der Waals surface area contributed by atoms with Crippen LogP contribution in [0.2, 0.25) is 0 Å². The predicted octanol–water partition coefficient (Wildman–Crippen LogP) is 2.49. The summed E-state index contributed by atoms with van der Waals surface area (Å²) in [6.45, 7) is 2.58. The molecule has 2 heterocycles. The smallest absolute Gasteiger partial charge is 0.310 e. The van der Waals surface area contributed by atoms with Crippen LogP contribution in [0.15, 0.2) is 42.6 Å². The molecule has 0 aliphatic carbocycles. The molecule has 1 aliphatic rings. The fraction of sp³-hybridized carbons (Fsp3) is 0.429. The number of benzene rings is 1. The van der Waals surface area contributed by atoms with Crippen molar-refractivity contribution in [1.82, 2.24) is 14.0 Å². The summed E-state index contributed by atoms with van der Waals surface area (Å²) in [5, 5.41) is 0. The van der Waals surface area contributed by atoms with Crippen molar-refractivity contribution in [2.45, 2.75) is 26.3 Å². The summed E-state index contributed by atoms with van der Waals surface area (Å²) < 4.78 is 45.2. The molecule has 0 saturated carbocycles. The minimum Gasteiger partial charge on any atom is -0.497 e. The second kappa shape index (κ2) is 10.6. The zero-order valence-electron chi connectivity index (χ0n) is 17.6. The van der Waals surface area contributed by atoms with Gasteiger partial charge in [0.2, 0.25) is 5.88 Å². The van der Waals surface area contributed by atoms with Crippen molar-refractivity contribution in [1.29, 1.82) is 0 Å². The Balaban J connectivity index is 1.59. The monoisotopic (exact) mass is 449 g/mol. The van der Waals surface area contributed by atoms with Gasteiger partial charge >= 0.3 is 5.97 Å². The molecule has 10 heteroatoms. The number of nitrogens with zero attached hydrogens (tertiary/aromatic N) is 2. The van der Waals surface area contributed by atoms with E-state index < -0.39 is 16.1 Å². The molecule has 3 rings (SSSR count). The van der Waals surface area contributed by atoms with Gasteiger partial charge in [-0.3, -0.25) is 4.79 Å². The number of pyridine rings is 1. The van der Waals surface area contributed by atoms with Crippen LogP contribution in [0.3, 0.4) is 0 Å². The van der Waals surface area contributed by atoms with Gasteiger partial charge in [0.05, 0.1) is 19.6 Å². The molecular weight excluding hydrogens is 422 g/mol. The Morgan fingerprint density at radius 1 is 1.23 bits per heavy atom. The van der Waals surface area contributed by atoms with Crippen molar-refractivity contribution < 1.29 is 27.4 Å². The average Bonchev–Trinajstić information content (AvgIpc) is 2.79. The maximum Gasteiger partial charge on any atom is 0.310 e. The predicted molar refractivity (Wildman–Crippen MR) is 114 cm³/mol. The Kier molecular flexibility index (Phi) is 7.83. The molecule has 0 spiro atoms. The third kappa shape index (κ3) is 6.39. The highest BCUT2D eigenvalue weighted by Crippen LogP contribution is 2.23. The lowest BCUT2D eigenvalue weighted by atomic mass is 10.0. The Morgan fingerprint density at radius 2 is 1.97 bits per heavy atom. The van der Waals surface area contributed by atoms with Gasteiger partial charge in [0.1, 0.15) is 11.5 Å². The summed E-state index contributed by atoms with van der Waals surface area (Å²) in [6, 6.07) is 10.4. The molecule has 1 aromatic carbocycles. The van der Waals surface area contributed by atoms with Crippen molar-refractivity contribution in [3.63, 3.8) is 0 Å². The largest absolute Gasteiger partial charge is 0.497 e. The summed E-state index contributed by atoms with van der Waals surface area (Å²) in [7, 11) is -2.16. The molecule has 0 unspecified atom stereocenters. The summed E-state index contributed by atoms with van der Waals surface area (Å²) in [5.74, 6) is 0.866. The molecular formula is C21H27N3O6S. The van der Waals surface area contributed by atoms with Gasteiger partial charge in [-0.1, -0.05) is 0 Å². The SMILES string of the molecule is CCOC(=O)[C@@H]1CCCN(S(=O)(=O)NCc2ccnc(Oc3ccc(OC)cc3)c2)C1. The van der Waals surface area contributed by atoms with Crippen molar-refractivity contribution >= 4 is 16.2 Å². The fourth-order valence-electron chi connectivity index (χ4n) is 3.26. The third-order valence-electron chi connectivity index (χ3n) is 4.88. The number of ether oxygens (including phenoxy) is 3. The van der Waals surface area contributed by atoms with Crippen LogP contribution in [0.5, 0.6) is 17.4 Å². The van der Waals surface area contributed by atoms with Crippen LogP contribution < -0.4 is 14.2 Å². The molecule has 1 fully saturated rings. The van der Waals surface area contributed by atoms with Gasteiger partial charge in [0, 0.05) is 31.9 Å². The van der Waals surface area contributed by atoms with Crippen LogP contribution in [-0.4, -0.2) is 50.5 Å². The molecule has 1 aliphatic heterocycles. The van der Waals surface area contributed by atoms with E-state index >= 15 is 0 Å². The number of nitrogens with one attached hydrogen (secondary N) is 1. The van der Waals surface area contributed by atoms with Crippen LogP contribution in [-0.2, 0) is 26.3 Å². The molecule has 0 bridgehead atoms. The van der Waals surface area contributed by atoms with E-state index in [0.29, 0.717) is 42.3 Å². The van der Waals surface area contributed by atoms with Gasteiger partial charge in [-0.2, -0.15) is 17.4 Å². The van der Waals surface area contributed by atoms with E-state index in [0.717, 1.165) is 0 Å². The first-order valence-corrected chi connectivity index (χ1v) is 11.5. The first-order valence-electron chi connectivity index (χ1n) is 10.1. The van der Waals surface area contributed by atoms with Crippen LogP contribution in [0.25, 0.3) is 0 Å². The molecule has 1 aromatic heterocycles. The molecule has 2 aromatic rings. The maximum absolute atomic E-state index is 12.7. The van der Waals surface area contributed by atoms with Crippen molar-refractivity contribution in [2.75, 3.05) is 26.8 Å². The highest BCUT2D eigenvalue weighted by molar-refractivity contribution is 7.87. The van der Waals surface area contributed by atoms with Crippen molar-refractivity contribution in [3.05, 3.63) is 48.2 Å². The van der Waals surface area contributed by atoms with Gasteiger partial charge in [0.15, 0.2) is 0 Å². The summed E-state index contributed by atoms with van der Waals surface area (Å²) in [5.41, 5.74) is 0.695. The number of esters is 1. The van der Waals surface area contributed by atoms with Gasteiger partial charge in [-0.05, 0) is 55.7 Å². The number of hydrogen-bond donors (Lipinski definition) is 1. The molecule has 1 atom stereocenters. The highest BCUT2D eigenvalue weighted by Gasteiger charge is 2.32. The highest BCUT2D eigenvalue weighted by atomic mass is 32.2. The van der Waals surface area contributed by atoms with E-state index in [-0.39, 0.29) is 25.7 Å². The van der Waals surface area contributed by atoms with Crippen LogP contribution >= 0.6 is 0 Å². The zero-order chi connectivity index (χ0) is 22.3. The standard InChI is InChI=1S/C21H27N3O6S/c1-3-29-21(25)17-5-4-12-24(15-17)31(26,27)23-14-16-10-11-22-20(13-16)30-19-8-6-18(28-2)7-9-19/h6-11,13,17,23H,3-5,12,14-15H2,1-2H3/t17-/m1/s1. The van der Waals surface area contributed by atoms with E-state index in [1.807, 2.05) is 0 Å². The second-order valence-corrected chi connectivity index (χ2v) is 8.81. The quantitative estimate of drug-likeness (QED) is 0.586. The minimum atomic E-state index is -3.74. The first kappa shape index (κ1) is 23.0. The fourth-order valence-corrected chi connectivity index (χ4v) is 4.54. The Hall–Kier alpha value is -2.69. The van der Waals surface area contributed by atoms with E-state index in [1.165, 1.54) is 4.31 Å². The molecule has 0 radical (unpaired) electrons. The molecule has 31 heavy (non-hydrogen) atoms. The molecule has 168 valence electrons. The van der Waals surface area contributed by atoms with Gasteiger partial charge < -0.3 is 14.2 Å². The second-order valence-electron chi connectivity index (χ2n) is 7.06. The Labute approximate surface area is 182 Å². The number of carbonyl (C=O) groups is 1. The topological polar surface area (TPSA) is 107 Å². The maximum atomic E-state index is 12.7. The normalized spacial score (nSPS) is 17.2. The number of aromatic nitrogens is 1. The van der Waals surface area contributed by atoms with Crippen molar-refractivity contribution in [2.24, 2.45) is 5.92 Å². The van der Waals surface area contributed by atoms with E-state index in [9.17, 15) is 13.2 Å². The Morgan fingerprint density at radius 3 is 2.68 bits per heavy atom. The Bertz CT molecular complexity index is 981. The minimum absolute atomic E-state index is 0.0738. The van der Waals surface area contributed by atoms with E-state index in [2.05, 4.69) is 9.71 Å². The van der Waals surface area contributed by atoms with E-state index in [4.69, 9.17) is 14.2 Å². The molecule has 0 amide bonds. The van der Waals surface area contributed by atoms with Crippen molar-refractivity contribution in [3.8, 4) is 17.4 Å². The summed E-state index contributed by atoms with van der Waals surface area (Å²) >= 11 is 0. The average molecular weight is 450 g/mol. The van der Waals surface area contributed by atoms with Gasteiger partial charge in [0.25, 0.3) is 10.2 Å². The lowest BCUT2D eigenvalue weighted by Crippen LogP contribution is -2.47. The lowest BCUT2D eigenvalue weighted by molar-refractivity contribution is -0.149. The molecule has 9 nitrogen and oxygen atoms in total. The van der Waals surface area contributed by atoms with Crippen LogP contribution in [0.1, 0.15) is 25.3 Å². The summed E-state index contributed by atoms with van der Waals surface area (Å²) in [6.07, 6.45) is 2.79. The number of carbonyl (C=O) groups excluding carboxylic acids is 1. The number of piperidine rings is 1. The van der Waals surface area contributed by atoms with Crippen LogP contribution in [0.4, 0.5) is 0 Å².